The van der Waals surface area contributed by atoms with Crippen LogP contribution in [0.3, 0.4) is 0 Å². The maximum atomic E-state index is 14.3. The minimum Gasteiger partial charge on any atom is -0.479 e. The molecule has 13 nitrogen and oxygen atoms in total. The second kappa shape index (κ2) is 12.7. The van der Waals surface area contributed by atoms with Crippen LogP contribution in [0.5, 0.6) is 11.6 Å². The topological polar surface area (TPSA) is 162 Å². The van der Waals surface area contributed by atoms with Crippen LogP contribution in [0.1, 0.15) is 52.2 Å². The van der Waals surface area contributed by atoms with Crippen molar-refractivity contribution in [2.45, 2.75) is 70.4 Å². The van der Waals surface area contributed by atoms with Crippen LogP contribution in [0.4, 0.5) is 5.95 Å². The van der Waals surface area contributed by atoms with E-state index in [1.165, 1.54) is 7.11 Å². The fraction of sp³-hybridized carbons (Fsp3) is 0.467. The number of esters is 1. The lowest BCUT2D eigenvalue weighted by molar-refractivity contribution is -0.150. The van der Waals surface area contributed by atoms with Gasteiger partial charge in [-0.1, -0.05) is 43.3 Å². The fourth-order valence-corrected chi connectivity index (χ4v) is 7.38. The van der Waals surface area contributed by atoms with Crippen molar-refractivity contribution in [1.29, 1.82) is 0 Å². The van der Waals surface area contributed by atoms with Crippen molar-refractivity contribution < 1.29 is 32.6 Å². The van der Waals surface area contributed by atoms with Gasteiger partial charge in [0.1, 0.15) is 24.1 Å². The van der Waals surface area contributed by atoms with Gasteiger partial charge in [-0.05, 0) is 50.5 Å². The number of nitrogens with one attached hydrogen (secondary N) is 1. The standard InChI is InChI=1S/C30H37N6O7P/c1-18-15-22(41-28(18)36-17-32-25-26(36)33-30(31)34-27(25)39-3)16-40-44(38,35-19(2)29(37)42-21-11-5-6-12-21)43-24-14-8-10-20-9-4-7-13-23(20)24/h4,7-10,13-14,17-19,21-22,28H,5-6,11-12,15-16H2,1-3H3,(H,35,38)(H2,31,33,34). The summed E-state index contributed by atoms with van der Waals surface area (Å²) in [6.07, 6.45) is 4.89. The smallest absolute Gasteiger partial charge is 0.459 e. The highest BCUT2D eigenvalue weighted by Crippen LogP contribution is 2.48. The summed E-state index contributed by atoms with van der Waals surface area (Å²) < 4.78 is 45.5. The number of nitrogen functional groups attached to an aromatic ring is 1. The van der Waals surface area contributed by atoms with E-state index in [0.717, 1.165) is 36.5 Å². The molecular formula is C30H37N6O7P. The molecule has 0 bridgehead atoms. The van der Waals surface area contributed by atoms with Crippen molar-refractivity contribution in [2.75, 3.05) is 19.5 Å². The number of ether oxygens (including phenoxy) is 3. The Bertz CT molecular complexity index is 1690. The predicted molar refractivity (Wildman–Crippen MR) is 163 cm³/mol. The van der Waals surface area contributed by atoms with Gasteiger partial charge in [-0.2, -0.15) is 15.1 Å². The van der Waals surface area contributed by atoms with Gasteiger partial charge in [0.2, 0.25) is 11.8 Å². The molecule has 1 saturated heterocycles. The zero-order valence-electron chi connectivity index (χ0n) is 24.9. The summed E-state index contributed by atoms with van der Waals surface area (Å²) in [5, 5.41) is 4.49. The summed E-state index contributed by atoms with van der Waals surface area (Å²) in [7, 11) is -2.62. The van der Waals surface area contributed by atoms with Crippen molar-refractivity contribution >= 4 is 41.6 Å². The van der Waals surface area contributed by atoms with Gasteiger partial charge in [0.25, 0.3) is 0 Å². The van der Waals surface area contributed by atoms with E-state index in [0.29, 0.717) is 23.3 Å². The molecule has 1 saturated carbocycles. The lowest BCUT2D eigenvalue weighted by atomic mass is 10.1. The van der Waals surface area contributed by atoms with Crippen LogP contribution < -0.4 is 20.1 Å². The van der Waals surface area contributed by atoms with Crippen LogP contribution in [-0.2, 0) is 23.4 Å². The summed E-state index contributed by atoms with van der Waals surface area (Å²) in [5.74, 6) is 0.214. The highest BCUT2D eigenvalue weighted by molar-refractivity contribution is 7.52. The van der Waals surface area contributed by atoms with Crippen molar-refractivity contribution in [3.8, 4) is 11.6 Å². The average Bonchev–Trinajstić information content (AvgIpc) is 3.76. The maximum Gasteiger partial charge on any atom is 0.459 e. The van der Waals surface area contributed by atoms with Crippen LogP contribution in [-0.4, -0.2) is 57.5 Å². The molecule has 3 N–H and O–H groups in total. The Labute approximate surface area is 255 Å². The van der Waals surface area contributed by atoms with E-state index in [2.05, 4.69) is 20.0 Å². The van der Waals surface area contributed by atoms with Crippen molar-refractivity contribution in [1.82, 2.24) is 24.6 Å². The molecule has 1 aliphatic heterocycles. The number of carbonyl (C=O) groups excluding carboxylic acids is 1. The molecule has 4 aromatic rings. The Morgan fingerprint density at radius 1 is 1.18 bits per heavy atom. The molecule has 5 atom stereocenters. The van der Waals surface area contributed by atoms with Gasteiger partial charge in [-0.15, -0.1) is 0 Å². The number of aromatic nitrogens is 4. The van der Waals surface area contributed by atoms with Crippen LogP contribution in [0.15, 0.2) is 48.8 Å². The molecule has 0 radical (unpaired) electrons. The van der Waals surface area contributed by atoms with Gasteiger partial charge in [-0.3, -0.25) is 13.9 Å². The monoisotopic (exact) mass is 624 g/mol. The number of nitrogens with two attached hydrogens (primary N) is 1. The van der Waals surface area contributed by atoms with Gasteiger partial charge < -0.3 is 24.5 Å². The number of carbonyl (C=O) groups is 1. The lowest BCUT2D eigenvalue weighted by Gasteiger charge is -2.25. The first-order chi connectivity index (χ1) is 21.2. The number of hydrogen-bond donors (Lipinski definition) is 2. The Morgan fingerprint density at radius 3 is 2.75 bits per heavy atom. The molecule has 3 heterocycles. The molecule has 234 valence electrons. The van der Waals surface area contributed by atoms with E-state index in [9.17, 15) is 9.36 Å². The van der Waals surface area contributed by atoms with E-state index in [1.807, 2.05) is 43.3 Å². The van der Waals surface area contributed by atoms with Crippen LogP contribution in [0.2, 0.25) is 0 Å². The first-order valence-electron chi connectivity index (χ1n) is 14.8. The molecule has 2 aromatic carbocycles. The normalized spacial score (nSPS) is 22.7. The number of methoxy groups -OCH3 is 1. The van der Waals surface area contributed by atoms with Gasteiger partial charge in [0.15, 0.2) is 11.2 Å². The maximum absolute atomic E-state index is 14.3. The van der Waals surface area contributed by atoms with Crippen molar-refractivity contribution in [3.63, 3.8) is 0 Å². The Balaban J connectivity index is 1.20. The third-order valence-electron chi connectivity index (χ3n) is 8.02. The first kappa shape index (κ1) is 30.3. The number of hydrogen-bond acceptors (Lipinski definition) is 11. The molecule has 0 spiro atoms. The third-order valence-corrected chi connectivity index (χ3v) is 9.65. The summed E-state index contributed by atoms with van der Waals surface area (Å²) in [4.78, 5) is 25.8. The molecule has 1 aliphatic carbocycles. The molecular weight excluding hydrogens is 587 g/mol. The summed E-state index contributed by atoms with van der Waals surface area (Å²) >= 11 is 0. The highest BCUT2D eigenvalue weighted by Gasteiger charge is 2.39. The van der Waals surface area contributed by atoms with E-state index >= 15 is 0 Å². The van der Waals surface area contributed by atoms with Gasteiger partial charge in [-0.25, -0.2) is 9.55 Å². The van der Waals surface area contributed by atoms with Crippen molar-refractivity contribution in [2.24, 2.45) is 5.92 Å². The molecule has 2 aliphatic rings. The number of fused-ring (bicyclic) bond motifs is 2. The summed E-state index contributed by atoms with van der Waals surface area (Å²) in [6.45, 7) is 3.56. The summed E-state index contributed by atoms with van der Waals surface area (Å²) in [6, 6.07) is 12.1. The first-order valence-corrected chi connectivity index (χ1v) is 16.4. The largest absolute Gasteiger partial charge is 0.479 e. The quantitative estimate of drug-likeness (QED) is 0.167. The molecule has 2 aromatic heterocycles. The molecule has 0 amide bonds. The molecule has 5 unspecified atom stereocenters. The van der Waals surface area contributed by atoms with Gasteiger partial charge in [0.05, 0.1) is 26.1 Å². The van der Waals surface area contributed by atoms with Crippen LogP contribution >= 0.6 is 7.75 Å². The molecule has 2 fully saturated rings. The SMILES string of the molecule is COc1nc(N)nc2c1ncn2C1OC(COP(=O)(NC(C)C(=O)OC2CCCC2)Oc2cccc3ccccc23)CC1C. The minimum atomic E-state index is -4.11. The lowest BCUT2D eigenvalue weighted by Crippen LogP contribution is -2.37. The Morgan fingerprint density at radius 2 is 1.95 bits per heavy atom. The highest BCUT2D eigenvalue weighted by atomic mass is 31.2. The number of rotatable bonds is 11. The van der Waals surface area contributed by atoms with Crippen LogP contribution in [0.25, 0.3) is 21.9 Å². The molecule has 44 heavy (non-hydrogen) atoms. The number of benzene rings is 2. The van der Waals surface area contributed by atoms with E-state index in [1.54, 1.807) is 23.9 Å². The molecule has 14 heteroatoms. The number of imidazole rings is 1. The minimum absolute atomic E-state index is 0.0230. The number of anilines is 1. The van der Waals surface area contributed by atoms with E-state index in [-0.39, 0.29) is 30.5 Å². The van der Waals surface area contributed by atoms with Gasteiger partial charge >= 0.3 is 13.7 Å². The predicted octanol–water partition coefficient (Wildman–Crippen LogP) is 5.16. The zero-order chi connectivity index (χ0) is 30.8. The van der Waals surface area contributed by atoms with E-state index in [4.69, 9.17) is 29.0 Å². The second-order valence-electron chi connectivity index (χ2n) is 11.3. The third kappa shape index (κ3) is 6.37. The zero-order valence-corrected chi connectivity index (χ0v) is 25.8. The van der Waals surface area contributed by atoms with Crippen molar-refractivity contribution in [3.05, 3.63) is 48.8 Å². The van der Waals surface area contributed by atoms with Gasteiger partial charge in [0, 0.05) is 11.3 Å². The fourth-order valence-electron chi connectivity index (χ4n) is 5.84. The molecule has 6 rings (SSSR count). The average molecular weight is 625 g/mol. The Kier molecular flexibility index (Phi) is 8.73. The van der Waals surface area contributed by atoms with E-state index < -0.39 is 32.1 Å². The number of nitrogens with zero attached hydrogens (tertiary/aromatic N) is 4. The van der Waals surface area contributed by atoms with Crippen LogP contribution in [0, 0.1) is 5.92 Å². The Hall–Kier alpha value is -3.77. The second-order valence-corrected chi connectivity index (χ2v) is 13.0. The summed E-state index contributed by atoms with van der Waals surface area (Å²) in [5.41, 5.74) is 6.85.